The normalized spacial score (nSPS) is 23.2. The minimum Gasteiger partial charge on any atom is -0.453 e. The van der Waals surface area contributed by atoms with Gasteiger partial charge in [-0.2, -0.15) is 4.39 Å². The summed E-state index contributed by atoms with van der Waals surface area (Å²) >= 11 is 0. The van der Waals surface area contributed by atoms with Crippen molar-refractivity contribution in [3.8, 4) is 22.4 Å². The van der Waals surface area contributed by atoms with Crippen molar-refractivity contribution in [3.05, 3.63) is 102 Å². The topological polar surface area (TPSA) is 142 Å². The molecule has 11 nitrogen and oxygen atoms in total. The molecule has 12 heteroatoms. The van der Waals surface area contributed by atoms with Crippen LogP contribution in [0, 0.1) is 35.5 Å². The molecule has 0 radical (unpaired) electrons. The Balaban J connectivity index is 0.888. The average Bonchev–Trinajstić information content (AvgIpc) is 4.08. The van der Waals surface area contributed by atoms with Gasteiger partial charge < -0.3 is 25.3 Å². The summed E-state index contributed by atoms with van der Waals surface area (Å²) in [6.45, 7) is 4.54. The van der Waals surface area contributed by atoms with Crippen molar-refractivity contribution in [1.29, 1.82) is 0 Å². The molecule has 8 rings (SSSR count). The van der Waals surface area contributed by atoms with Crippen molar-refractivity contribution in [2.75, 3.05) is 13.7 Å². The van der Waals surface area contributed by atoms with Gasteiger partial charge in [-0.1, -0.05) is 68.4 Å². The summed E-state index contributed by atoms with van der Waals surface area (Å²) in [7, 11) is 1.29. The second kappa shape index (κ2) is 15.8. The number of imidazole rings is 1. The summed E-state index contributed by atoms with van der Waals surface area (Å²) in [6, 6.07) is 19.3. The number of alkyl carbamates (subject to hydrolysis) is 1. The number of methoxy groups -OCH3 is 1. The van der Waals surface area contributed by atoms with Gasteiger partial charge in [-0.15, -0.1) is 0 Å². The first-order valence-corrected chi connectivity index (χ1v) is 19.7. The Morgan fingerprint density at radius 1 is 0.946 bits per heavy atom. The number of nitrogens with one attached hydrogen (secondary N) is 3. The summed E-state index contributed by atoms with van der Waals surface area (Å²) in [4.78, 5) is 57.6. The third kappa shape index (κ3) is 7.36. The Labute approximate surface area is 326 Å². The van der Waals surface area contributed by atoms with Crippen LogP contribution in [0.25, 0.3) is 28.0 Å². The molecule has 6 atom stereocenters. The van der Waals surface area contributed by atoms with E-state index >= 15 is 0 Å². The fourth-order valence-electron chi connectivity index (χ4n) is 9.39. The molecule has 4 heterocycles. The number of rotatable bonds is 11. The lowest BCUT2D eigenvalue weighted by Crippen LogP contribution is -2.51. The van der Waals surface area contributed by atoms with Gasteiger partial charge in [-0.3, -0.25) is 14.6 Å². The predicted molar refractivity (Wildman–Crippen MR) is 211 cm³/mol. The monoisotopic (exact) mass is 757 g/mol. The molecule has 1 saturated heterocycles. The molecule has 2 bridgehead atoms. The van der Waals surface area contributed by atoms with Crippen LogP contribution in [0.4, 0.5) is 9.18 Å². The van der Waals surface area contributed by atoms with Gasteiger partial charge in [-0.25, -0.2) is 14.8 Å². The molecule has 56 heavy (non-hydrogen) atoms. The van der Waals surface area contributed by atoms with E-state index in [9.17, 15) is 18.8 Å². The SMILES string of the molecule is COC(=O)N[C@H](C(=O)N1CCC[C@H]1c1ncc(-c2ccc(-c3ccc(C4=CN=C(C5C6CCC(C6)[C@@H]5C(=O)NCc5cccnc5F)C4)cc3)cc2)[nH]1)C(C)C. The van der Waals surface area contributed by atoms with E-state index < -0.39 is 18.1 Å². The lowest BCUT2D eigenvalue weighted by atomic mass is 9.75. The number of ether oxygens (including phenoxy) is 1. The number of halogens is 1. The molecule has 2 saturated carbocycles. The molecule has 3 unspecified atom stereocenters. The van der Waals surface area contributed by atoms with E-state index in [1.165, 1.54) is 13.3 Å². The molecule has 2 aromatic carbocycles. The summed E-state index contributed by atoms with van der Waals surface area (Å²) in [5.41, 5.74) is 7.80. The van der Waals surface area contributed by atoms with Gasteiger partial charge in [-0.05, 0) is 83.8 Å². The summed E-state index contributed by atoms with van der Waals surface area (Å²) in [5.74, 6) is 0.704. The maximum absolute atomic E-state index is 14.1. The molecule has 4 aromatic rings. The minimum absolute atomic E-state index is 0.0106. The average molecular weight is 758 g/mol. The molecule has 3 fully saturated rings. The third-order valence-corrected chi connectivity index (χ3v) is 12.3. The number of likely N-dealkylation sites (tertiary alicyclic amines) is 1. The van der Waals surface area contributed by atoms with E-state index in [1.54, 1.807) is 12.1 Å². The van der Waals surface area contributed by atoms with Crippen LogP contribution in [0.2, 0.25) is 0 Å². The Kier molecular flexibility index (Phi) is 10.5. The van der Waals surface area contributed by atoms with Crippen LogP contribution >= 0.6 is 0 Å². The second-order valence-corrected chi connectivity index (χ2v) is 15.9. The van der Waals surface area contributed by atoms with Gasteiger partial charge in [0.15, 0.2) is 0 Å². The van der Waals surface area contributed by atoms with Gasteiger partial charge >= 0.3 is 6.09 Å². The fraction of sp³-hybridized carbons (Fsp3) is 0.409. The first-order valence-electron chi connectivity index (χ1n) is 19.7. The van der Waals surface area contributed by atoms with Gasteiger partial charge in [0.05, 0.1) is 25.0 Å². The Morgan fingerprint density at radius 3 is 2.38 bits per heavy atom. The van der Waals surface area contributed by atoms with Crippen LogP contribution in [-0.2, 0) is 20.9 Å². The number of aromatic amines is 1. The van der Waals surface area contributed by atoms with Crippen molar-refractivity contribution in [2.45, 2.75) is 71.0 Å². The van der Waals surface area contributed by atoms with E-state index in [0.29, 0.717) is 23.9 Å². The number of pyridine rings is 1. The van der Waals surface area contributed by atoms with Crippen LogP contribution in [0.3, 0.4) is 0 Å². The summed E-state index contributed by atoms with van der Waals surface area (Å²) in [5, 5.41) is 5.70. The zero-order chi connectivity index (χ0) is 38.9. The van der Waals surface area contributed by atoms with Crippen LogP contribution in [0.5, 0.6) is 0 Å². The Hall–Kier alpha value is -5.65. The molecule has 2 aliphatic carbocycles. The van der Waals surface area contributed by atoms with E-state index in [0.717, 1.165) is 83.6 Å². The van der Waals surface area contributed by atoms with Crippen LogP contribution < -0.4 is 10.6 Å². The Morgan fingerprint density at radius 2 is 1.66 bits per heavy atom. The number of benzene rings is 2. The number of nitrogens with zero attached hydrogens (tertiary/aromatic N) is 4. The van der Waals surface area contributed by atoms with E-state index in [-0.39, 0.29) is 42.2 Å². The van der Waals surface area contributed by atoms with Crippen molar-refractivity contribution < 1.29 is 23.5 Å². The summed E-state index contributed by atoms with van der Waals surface area (Å²) in [6.07, 6.45) is 10.2. The zero-order valence-corrected chi connectivity index (χ0v) is 32.0. The Bertz CT molecular complexity index is 2160. The molecule has 2 aliphatic heterocycles. The number of aliphatic imine (C=N–C) groups is 1. The fourth-order valence-corrected chi connectivity index (χ4v) is 9.39. The predicted octanol–water partition coefficient (Wildman–Crippen LogP) is 7.49. The lowest BCUT2D eigenvalue weighted by Gasteiger charge is -2.30. The number of amides is 3. The maximum atomic E-state index is 14.1. The summed E-state index contributed by atoms with van der Waals surface area (Å²) < 4.78 is 18.9. The molecule has 0 spiro atoms. The van der Waals surface area contributed by atoms with Crippen molar-refractivity contribution in [1.82, 2.24) is 30.5 Å². The first kappa shape index (κ1) is 37.3. The molecule has 2 aromatic heterocycles. The second-order valence-electron chi connectivity index (χ2n) is 15.9. The van der Waals surface area contributed by atoms with Crippen molar-refractivity contribution in [3.63, 3.8) is 0 Å². The zero-order valence-electron chi connectivity index (χ0n) is 32.0. The molecular formula is C44H48FN7O4. The number of hydrogen-bond acceptors (Lipinski definition) is 7. The minimum atomic E-state index is -0.682. The smallest absolute Gasteiger partial charge is 0.407 e. The number of fused-ring (bicyclic) bond motifs is 2. The van der Waals surface area contributed by atoms with E-state index in [1.807, 2.05) is 31.1 Å². The highest BCUT2D eigenvalue weighted by Gasteiger charge is 2.52. The van der Waals surface area contributed by atoms with Gasteiger partial charge in [0.2, 0.25) is 17.8 Å². The van der Waals surface area contributed by atoms with E-state index in [2.05, 4.69) is 74.1 Å². The third-order valence-electron chi connectivity index (χ3n) is 12.3. The number of hydrogen-bond donors (Lipinski definition) is 3. The quantitative estimate of drug-likeness (QED) is 0.136. The van der Waals surface area contributed by atoms with Gasteiger partial charge in [0.1, 0.15) is 11.9 Å². The number of H-pyrrole nitrogens is 1. The van der Waals surface area contributed by atoms with Gasteiger partial charge in [0.25, 0.3) is 0 Å². The molecular weight excluding hydrogens is 710 g/mol. The highest BCUT2D eigenvalue weighted by Crippen LogP contribution is 2.54. The highest BCUT2D eigenvalue weighted by atomic mass is 19.1. The molecule has 4 aliphatic rings. The highest BCUT2D eigenvalue weighted by molar-refractivity contribution is 6.02. The molecule has 290 valence electrons. The number of carbonyl (C=O) groups is 3. The van der Waals surface area contributed by atoms with Crippen molar-refractivity contribution >= 4 is 29.2 Å². The largest absolute Gasteiger partial charge is 0.453 e. The first-order chi connectivity index (χ1) is 27.2. The number of allylic oxidation sites excluding steroid dienone is 1. The molecule has 3 N–H and O–H groups in total. The van der Waals surface area contributed by atoms with Crippen molar-refractivity contribution in [2.24, 2.45) is 34.6 Å². The molecule has 3 amide bonds. The number of aromatic nitrogens is 3. The van der Waals surface area contributed by atoms with Crippen LogP contribution in [-0.4, -0.2) is 63.2 Å². The standard InChI is InChI=1S/C44H48FN7O4/c1-25(2)39(51-44(55)56-3)43(54)52-19-5-7-36(52)41-48-24-35(50-41)29-14-12-27(13-15-29)26-8-10-28(11-9-26)33-21-34(47-23-33)37-30-16-17-31(20-30)38(37)42(53)49-22-32-6-4-18-46-40(32)45/h4,6,8-15,18,23-25,30-31,36-39H,5,7,16-17,19-22H2,1-3H3,(H,48,50)(H,49,53)(H,51,55)/t30?,31?,36-,37?,38-,39-/m0/s1. The maximum Gasteiger partial charge on any atom is 0.407 e. The van der Waals surface area contributed by atoms with Gasteiger partial charge in [0, 0.05) is 55.0 Å². The lowest BCUT2D eigenvalue weighted by molar-refractivity contribution is -0.135. The number of carbonyl (C=O) groups excluding carboxylic acids is 3. The van der Waals surface area contributed by atoms with Crippen LogP contribution in [0.1, 0.15) is 75.4 Å². The van der Waals surface area contributed by atoms with E-state index in [4.69, 9.17) is 9.73 Å². The van der Waals surface area contributed by atoms with Crippen LogP contribution in [0.15, 0.2) is 84.2 Å².